The summed E-state index contributed by atoms with van der Waals surface area (Å²) in [6.07, 6.45) is 4.63. The van der Waals surface area contributed by atoms with Crippen molar-refractivity contribution < 1.29 is 9.59 Å². The third-order valence-corrected chi connectivity index (χ3v) is 5.00. The van der Waals surface area contributed by atoms with Gasteiger partial charge in [0.15, 0.2) is 0 Å². The van der Waals surface area contributed by atoms with E-state index in [4.69, 9.17) is 0 Å². The molecule has 0 aromatic heterocycles. The van der Waals surface area contributed by atoms with Gasteiger partial charge in [0.05, 0.1) is 0 Å². The Bertz CT molecular complexity index is 383. The van der Waals surface area contributed by atoms with Gasteiger partial charge in [0, 0.05) is 12.6 Å². The third-order valence-electron chi connectivity index (χ3n) is 5.00. The van der Waals surface area contributed by atoms with E-state index in [0.717, 1.165) is 38.6 Å². The van der Waals surface area contributed by atoms with Crippen molar-refractivity contribution in [2.75, 3.05) is 6.54 Å². The summed E-state index contributed by atoms with van der Waals surface area (Å²) in [6, 6.07) is -0.255. The lowest BCUT2D eigenvalue weighted by Gasteiger charge is -2.45. The molecule has 0 radical (unpaired) electrons. The molecule has 4 atom stereocenters. The highest BCUT2D eigenvalue weighted by molar-refractivity contribution is 5.97. The second-order valence-electron chi connectivity index (χ2n) is 6.46. The molecular weight excluding hydrogens is 252 g/mol. The van der Waals surface area contributed by atoms with Crippen LogP contribution in [0.2, 0.25) is 0 Å². The van der Waals surface area contributed by atoms with Crippen LogP contribution in [-0.2, 0) is 9.59 Å². The minimum absolute atomic E-state index is 0.161. The van der Waals surface area contributed by atoms with Crippen LogP contribution < -0.4 is 0 Å². The zero-order chi connectivity index (χ0) is 14.9. The topological polar surface area (TPSA) is 40.6 Å². The van der Waals surface area contributed by atoms with Gasteiger partial charge in [0.25, 0.3) is 0 Å². The summed E-state index contributed by atoms with van der Waals surface area (Å²) in [7, 11) is 0. The SMILES string of the molecule is CCC(C)CC(C)N1C(=O)C2CCCN2C(=O)C1CC. The first-order valence-corrected chi connectivity index (χ1v) is 8.13. The number of nitrogens with zero attached hydrogens (tertiary/aromatic N) is 2. The van der Waals surface area contributed by atoms with Crippen LogP contribution in [0.1, 0.15) is 59.8 Å². The first kappa shape index (κ1) is 15.3. The van der Waals surface area contributed by atoms with Crippen molar-refractivity contribution in [1.82, 2.24) is 9.80 Å². The molecule has 0 aromatic carbocycles. The molecule has 2 saturated heterocycles. The predicted molar refractivity (Wildman–Crippen MR) is 79.2 cm³/mol. The van der Waals surface area contributed by atoms with Crippen molar-refractivity contribution in [2.45, 2.75) is 77.9 Å². The molecule has 2 aliphatic rings. The van der Waals surface area contributed by atoms with Crippen molar-refractivity contribution in [3.8, 4) is 0 Å². The van der Waals surface area contributed by atoms with Crippen molar-refractivity contribution in [3.05, 3.63) is 0 Å². The van der Waals surface area contributed by atoms with E-state index in [1.807, 2.05) is 16.7 Å². The summed E-state index contributed by atoms with van der Waals surface area (Å²) in [5.74, 6) is 0.947. The molecule has 0 N–H and O–H groups in total. The van der Waals surface area contributed by atoms with E-state index in [9.17, 15) is 9.59 Å². The Balaban J connectivity index is 2.20. The molecule has 114 valence electrons. The molecular formula is C16H28N2O2. The third kappa shape index (κ3) is 2.57. The van der Waals surface area contributed by atoms with Crippen LogP contribution in [0.25, 0.3) is 0 Å². The van der Waals surface area contributed by atoms with Gasteiger partial charge in [-0.25, -0.2) is 0 Å². The summed E-state index contributed by atoms with van der Waals surface area (Å²) >= 11 is 0. The standard InChI is InChI=1S/C16H28N2O2/c1-5-11(3)10-12(4)18-13(6-2)15(19)17-9-7-8-14(17)16(18)20/h11-14H,5-10H2,1-4H3. The van der Waals surface area contributed by atoms with Gasteiger partial charge in [0.2, 0.25) is 11.8 Å². The van der Waals surface area contributed by atoms with E-state index in [1.165, 1.54) is 0 Å². The van der Waals surface area contributed by atoms with Crippen molar-refractivity contribution in [1.29, 1.82) is 0 Å². The van der Waals surface area contributed by atoms with Crippen LogP contribution in [0, 0.1) is 5.92 Å². The van der Waals surface area contributed by atoms with E-state index in [1.54, 1.807) is 0 Å². The number of hydrogen-bond donors (Lipinski definition) is 0. The smallest absolute Gasteiger partial charge is 0.246 e. The van der Waals surface area contributed by atoms with Crippen LogP contribution in [0.4, 0.5) is 0 Å². The Morgan fingerprint density at radius 2 is 1.90 bits per heavy atom. The summed E-state index contributed by atoms with van der Waals surface area (Å²) in [4.78, 5) is 29.1. The van der Waals surface area contributed by atoms with Crippen LogP contribution in [0.3, 0.4) is 0 Å². The molecule has 0 aromatic rings. The highest BCUT2D eigenvalue weighted by atomic mass is 16.2. The van der Waals surface area contributed by atoms with E-state index in [2.05, 4.69) is 20.8 Å². The predicted octanol–water partition coefficient (Wildman–Crippen LogP) is 2.42. The lowest BCUT2D eigenvalue weighted by atomic mass is 9.94. The highest BCUT2D eigenvalue weighted by Crippen LogP contribution is 2.31. The molecule has 2 rings (SSSR count). The maximum absolute atomic E-state index is 12.8. The number of piperazine rings is 1. The molecule has 0 bridgehead atoms. The molecule has 2 amide bonds. The molecule has 4 nitrogen and oxygen atoms in total. The maximum Gasteiger partial charge on any atom is 0.246 e. The van der Waals surface area contributed by atoms with Gasteiger partial charge < -0.3 is 9.80 Å². The molecule has 0 aliphatic carbocycles. The molecule has 2 fully saturated rings. The Hall–Kier alpha value is -1.06. The molecule has 0 saturated carbocycles. The maximum atomic E-state index is 12.8. The fourth-order valence-corrected chi connectivity index (χ4v) is 3.68. The largest absolute Gasteiger partial charge is 0.329 e. The van der Waals surface area contributed by atoms with Crippen LogP contribution in [0.5, 0.6) is 0 Å². The second kappa shape index (κ2) is 6.15. The molecule has 4 unspecified atom stereocenters. The minimum Gasteiger partial charge on any atom is -0.329 e. The van der Waals surface area contributed by atoms with Crippen LogP contribution in [-0.4, -0.2) is 46.3 Å². The quantitative estimate of drug-likeness (QED) is 0.776. The summed E-state index contributed by atoms with van der Waals surface area (Å²) in [6.45, 7) is 9.27. The summed E-state index contributed by atoms with van der Waals surface area (Å²) in [5.41, 5.74) is 0. The minimum atomic E-state index is -0.240. The fraction of sp³-hybridized carbons (Fsp3) is 0.875. The van der Waals surface area contributed by atoms with Gasteiger partial charge in [0.1, 0.15) is 12.1 Å². The Morgan fingerprint density at radius 3 is 2.50 bits per heavy atom. The van der Waals surface area contributed by atoms with Crippen molar-refractivity contribution >= 4 is 11.8 Å². The second-order valence-corrected chi connectivity index (χ2v) is 6.46. The van der Waals surface area contributed by atoms with E-state index in [-0.39, 0.29) is 29.9 Å². The van der Waals surface area contributed by atoms with Gasteiger partial charge in [-0.05, 0) is 38.5 Å². The Labute approximate surface area is 122 Å². The van der Waals surface area contributed by atoms with E-state index < -0.39 is 0 Å². The Kier molecular flexibility index (Phi) is 4.71. The van der Waals surface area contributed by atoms with Gasteiger partial charge in [-0.3, -0.25) is 9.59 Å². The number of carbonyl (C=O) groups is 2. The van der Waals surface area contributed by atoms with E-state index >= 15 is 0 Å². The number of amides is 2. The average molecular weight is 280 g/mol. The van der Waals surface area contributed by atoms with Gasteiger partial charge in [-0.1, -0.05) is 27.2 Å². The average Bonchev–Trinajstić information content (AvgIpc) is 2.91. The molecule has 2 aliphatic heterocycles. The first-order chi connectivity index (χ1) is 9.51. The normalized spacial score (nSPS) is 29.6. The van der Waals surface area contributed by atoms with Gasteiger partial charge >= 0.3 is 0 Å². The zero-order valence-corrected chi connectivity index (χ0v) is 13.3. The van der Waals surface area contributed by atoms with Crippen molar-refractivity contribution in [2.24, 2.45) is 5.92 Å². The molecule has 4 heteroatoms. The number of rotatable bonds is 5. The summed E-state index contributed by atoms with van der Waals surface area (Å²) in [5, 5.41) is 0. The molecule has 2 heterocycles. The fourth-order valence-electron chi connectivity index (χ4n) is 3.68. The highest BCUT2D eigenvalue weighted by Gasteiger charge is 2.48. The number of carbonyl (C=O) groups excluding carboxylic acids is 2. The number of hydrogen-bond acceptors (Lipinski definition) is 2. The number of fused-ring (bicyclic) bond motifs is 1. The Morgan fingerprint density at radius 1 is 1.20 bits per heavy atom. The lowest BCUT2D eigenvalue weighted by molar-refractivity contribution is -0.162. The van der Waals surface area contributed by atoms with Gasteiger partial charge in [-0.2, -0.15) is 0 Å². The van der Waals surface area contributed by atoms with Crippen LogP contribution in [0.15, 0.2) is 0 Å². The van der Waals surface area contributed by atoms with Crippen molar-refractivity contribution in [3.63, 3.8) is 0 Å². The molecule has 20 heavy (non-hydrogen) atoms. The first-order valence-electron chi connectivity index (χ1n) is 8.13. The monoisotopic (exact) mass is 280 g/mol. The lowest BCUT2D eigenvalue weighted by Crippen LogP contribution is -2.64. The zero-order valence-electron chi connectivity index (χ0n) is 13.3. The van der Waals surface area contributed by atoms with Crippen LogP contribution >= 0.6 is 0 Å². The van der Waals surface area contributed by atoms with E-state index in [0.29, 0.717) is 5.92 Å². The summed E-state index contributed by atoms with van der Waals surface area (Å²) < 4.78 is 0. The van der Waals surface area contributed by atoms with Gasteiger partial charge in [-0.15, -0.1) is 0 Å². The molecule has 0 spiro atoms.